The number of likely N-dealkylation sites (N-methyl/N-ethyl adjacent to an activating group) is 1. The molecule has 12 heavy (non-hydrogen) atoms. The normalized spacial score (nSPS) is 10.8. The zero-order chi connectivity index (χ0) is 9.56. The van der Waals surface area contributed by atoms with Gasteiger partial charge in [-0.15, -0.1) is 0 Å². The maximum Gasteiger partial charge on any atom is 0.354 e. The molecule has 0 heterocycles. The molecule has 4 heteroatoms. The highest BCUT2D eigenvalue weighted by Gasteiger charge is 2.11. The number of hydrogen-bond donors (Lipinski definition) is 0. The molecule has 0 N–H and O–H groups in total. The number of rotatable bonds is 4. The Balaban J connectivity index is 4.41. The van der Waals surface area contributed by atoms with Crippen molar-refractivity contribution in [1.82, 2.24) is 4.90 Å². The summed E-state index contributed by atoms with van der Waals surface area (Å²) < 4.78 is 4.71. The van der Waals surface area contributed by atoms with Crippen molar-refractivity contribution in [2.24, 2.45) is 0 Å². The van der Waals surface area contributed by atoms with Crippen LogP contribution < -0.4 is 0 Å². The topological polar surface area (TPSA) is 46.6 Å². The van der Waals surface area contributed by atoms with Gasteiger partial charge in [-0.3, -0.25) is 4.79 Å². The van der Waals surface area contributed by atoms with Crippen molar-refractivity contribution >= 4 is 12.3 Å². The second-order valence-electron chi connectivity index (χ2n) is 2.30. The lowest BCUT2D eigenvalue weighted by Gasteiger charge is -2.14. The van der Waals surface area contributed by atoms with Gasteiger partial charge in [0.25, 0.3) is 0 Å². The second-order valence-corrected chi connectivity index (χ2v) is 2.30. The standard InChI is InChI=1S/C8H13NO3/c1-4-12-8(11)7(5-6-10)9(2)3/h5-6H,4H2,1-3H3/b7-5+. The monoisotopic (exact) mass is 171 g/mol. The molecule has 0 aromatic rings. The van der Waals surface area contributed by atoms with Gasteiger partial charge < -0.3 is 9.64 Å². The molecule has 68 valence electrons. The summed E-state index contributed by atoms with van der Waals surface area (Å²) in [6.07, 6.45) is 1.74. The first-order chi connectivity index (χ1) is 5.63. The van der Waals surface area contributed by atoms with Gasteiger partial charge in [0, 0.05) is 20.2 Å². The van der Waals surface area contributed by atoms with E-state index in [2.05, 4.69) is 0 Å². The van der Waals surface area contributed by atoms with Crippen LogP contribution in [0.25, 0.3) is 0 Å². The Morgan fingerprint density at radius 3 is 2.42 bits per heavy atom. The summed E-state index contributed by atoms with van der Waals surface area (Å²) in [7, 11) is 3.35. The van der Waals surface area contributed by atoms with Crippen LogP contribution in [0.15, 0.2) is 11.8 Å². The molecule has 0 atom stereocenters. The van der Waals surface area contributed by atoms with Crippen LogP contribution in [0.5, 0.6) is 0 Å². The molecule has 4 nitrogen and oxygen atoms in total. The highest BCUT2D eigenvalue weighted by molar-refractivity contribution is 5.91. The number of carbonyl (C=O) groups is 2. The van der Waals surface area contributed by atoms with E-state index in [0.717, 1.165) is 0 Å². The molecule has 0 aromatic heterocycles. The molecule has 0 saturated carbocycles. The predicted octanol–water partition coefficient (Wildman–Crippen LogP) is 0.194. The van der Waals surface area contributed by atoms with Crippen molar-refractivity contribution in [1.29, 1.82) is 0 Å². The molecule has 0 aliphatic rings. The maximum absolute atomic E-state index is 11.1. The largest absolute Gasteiger partial charge is 0.461 e. The molecule has 0 rings (SSSR count). The van der Waals surface area contributed by atoms with Crippen molar-refractivity contribution < 1.29 is 14.3 Å². The summed E-state index contributed by atoms with van der Waals surface area (Å²) in [5.41, 5.74) is 0.256. The summed E-state index contributed by atoms with van der Waals surface area (Å²) in [6, 6.07) is 0. The van der Waals surface area contributed by atoms with Crippen LogP contribution in [0.4, 0.5) is 0 Å². The van der Waals surface area contributed by atoms with Gasteiger partial charge in [-0.05, 0) is 6.92 Å². The van der Waals surface area contributed by atoms with Crippen molar-refractivity contribution in [3.8, 4) is 0 Å². The molecular weight excluding hydrogens is 158 g/mol. The summed E-state index contributed by atoms with van der Waals surface area (Å²) in [5, 5.41) is 0. The van der Waals surface area contributed by atoms with E-state index in [4.69, 9.17) is 4.74 Å². The van der Waals surface area contributed by atoms with Gasteiger partial charge in [0.15, 0.2) is 0 Å². The minimum absolute atomic E-state index is 0.256. The number of aldehydes is 1. The summed E-state index contributed by atoms with van der Waals surface area (Å²) in [4.78, 5) is 22.7. The van der Waals surface area contributed by atoms with Crippen LogP contribution in [0.2, 0.25) is 0 Å². The summed E-state index contributed by atoms with van der Waals surface area (Å²) in [5.74, 6) is -0.477. The SMILES string of the molecule is CCOC(=O)/C(=C\C=O)N(C)C. The van der Waals surface area contributed by atoms with Crippen LogP contribution >= 0.6 is 0 Å². The minimum Gasteiger partial charge on any atom is -0.461 e. The smallest absolute Gasteiger partial charge is 0.354 e. The molecule has 0 aromatic carbocycles. The zero-order valence-electron chi connectivity index (χ0n) is 7.53. The predicted molar refractivity (Wildman–Crippen MR) is 44.5 cm³/mol. The fraction of sp³-hybridized carbons (Fsp3) is 0.500. The number of esters is 1. The van der Waals surface area contributed by atoms with E-state index in [0.29, 0.717) is 12.9 Å². The van der Waals surface area contributed by atoms with Gasteiger partial charge in [-0.1, -0.05) is 0 Å². The zero-order valence-corrected chi connectivity index (χ0v) is 7.53. The van der Waals surface area contributed by atoms with E-state index >= 15 is 0 Å². The summed E-state index contributed by atoms with van der Waals surface area (Å²) >= 11 is 0. The van der Waals surface area contributed by atoms with Gasteiger partial charge in [0.05, 0.1) is 6.61 Å². The van der Waals surface area contributed by atoms with Gasteiger partial charge in [-0.2, -0.15) is 0 Å². The Kier molecular flexibility index (Phi) is 4.76. The number of nitrogens with zero attached hydrogens (tertiary/aromatic N) is 1. The number of ether oxygens (including phenoxy) is 1. The minimum atomic E-state index is -0.477. The average Bonchev–Trinajstić information content (AvgIpc) is 1.99. The Labute approximate surface area is 71.8 Å². The molecule has 0 aliphatic heterocycles. The van der Waals surface area contributed by atoms with Gasteiger partial charge >= 0.3 is 5.97 Å². The third kappa shape index (κ3) is 3.18. The van der Waals surface area contributed by atoms with Crippen LogP contribution in [-0.4, -0.2) is 37.9 Å². The molecule has 0 bridgehead atoms. The molecule has 0 unspecified atom stereocenters. The van der Waals surface area contributed by atoms with E-state index in [1.807, 2.05) is 0 Å². The van der Waals surface area contributed by atoms with Crippen molar-refractivity contribution in [3.05, 3.63) is 11.8 Å². The second kappa shape index (κ2) is 5.35. The third-order valence-electron chi connectivity index (χ3n) is 1.19. The van der Waals surface area contributed by atoms with Crippen LogP contribution in [-0.2, 0) is 14.3 Å². The van der Waals surface area contributed by atoms with Gasteiger partial charge in [0.1, 0.15) is 12.0 Å². The highest BCUT2D eigenvalue weighted by atomic mass is 16.5. The summed E-state index contributed by atoms with van der Waals surface area (Å²) in [6.45, 7) is 2.02. The first kappa shape index (κ1) is 10.7. The van der Waals surface area contributed by atoms with Crippen molar-refractivity contribution in [3.63, 3.8) is 0 Å². The lowest BCUT2D eigenvalue weighted by atomic mass is 10.4. The number of carbonyl (C=O) groups excluding carboxylic acids is 2. The first-order valence-corrected chi connectivity index (χ1v) is 3.63. The van der Waals surface area contributed by atoms with E-state index < -0.39 is 5.97 Å². The average molecular weight is 171 g/mol. The quantitative estimate of drug-likeness (QED) is 0.344. The van der Waals surface area contributed by atoms with E-state index in [1.165, 1.54) is 11.0 Å². The van der Waals surface area contributed by atoms with Crippen LogP contribution in [0.3, 0.4) is 0 Å². The third-order valence-corrected chi connectivity index (χ3v) is 1.19. The van der Waals surface area contributed by atoms with E-state index in [1.54, 1.807) is 21.0 Å². The maximum atomic E-state index is 11.1. The molecule has 0 saturated heterocycles. The van der Waals surface area contributed by atoms with Gasteiger partial charge in [0.2, 0.25) is 0 Å². The van der Waals surface area contributed by atoms with Gasteiger partial charge in [-0.25, -0.2) is 4.79 Å². The van der Waals surface area contributed by atoms with Crippen LogP contribution in [0.1, 0.15) is 6.92 Å². The van der Waals surface area contributed by atoms with Crippen molar-refractivity contribution in [2.75, 3.05) is 20.7 Å². The molecular formula is C8H13NO3. The Morgan fingerprint density at radius 1 is 1.50 bits per heavy atom. The van der Waals surface area contributed by atoms with E-state index in [9.17, 15) is 9.59 Å². The Bertz CT molecular complexity index is 196. The fourth-order valence-electron chi connectivity index (χ4n) is 0.669. The molecule has 0 aliphatic carbocycles. The number of allylic oxidation sites excluding steroid dienone is 1. The van der Waals surface area contributed by atoms with Crippen molar-refractivity contribution in [2.45, 2.75) is 6.92 Å². The number of hydrogen-bond acceptors (Lipinski definition) is 4. The molecule has 0 amide bonds. The highest BCUT2D eigenvalue weighted by Crippen LogP contribution is 1.99. The fourth-order valence-corrected chi connectivity index (χ4v) is 0.669. The first-order valence-electron chi connectivity index (χ1n) is 3.63. The lowest BCUT2D eigenvalue weighted by Crippen LogP contribution is -2.21. The van der Waals surface area contributed by atoms with Crippen LogP contribution in [0, 0.1) is 0 Å². The molecule has 0 fully saturated rings. The Hall–Kier alpha value is -1.32. The lowest BCUT2D eigenvalue weighted by molar-refractivity contribution is -0.140. The van der Waals surface area contributed by atoms with E-state index in [-0.39, 0.29) is 5.70 Å². The molecule has 0 radical (unpaired) electrons. The molecule has 0 spiro atoms. The Morgan fingerprint density at radius 2 is 2.08 bits per heavy atom.